The maximum Gasteiger partial charge on any atom is 0.155 e. The first-order valence-electron chi connectivity index (χ1n) is 5.73. The van der Waals surface area contributed by atoms with Crippen LogP contribution in [0.2, 0.25) is 0 Å². The van der Waals surface area contributed by atoms with E-state index in [0.29, 0.717) is 0 Å². The molecule has 0 N–H and O–H groups in total. The van der Waals surface area contributed by atoms with Gasteiger partial charge < -0.3 is 9.47 Å². The van der Waals surface area contributed by atoms with Crippen molar-refractivity contribution in [2.45, 2.75) is 18.9 Å². The van der Waals surface area contributed by atoms with E-state index in [0.717, 1.165) is 31.0 Å². The fraction of sp³-hybridized carbons (Fsp3) is 0.455. The number of hydrogen-bond donors (Lipinski definition) is 0. The van der Waals surface area contributed by atoms with Crippen molar-refractivity contribution in [3.63, 3.8) is 0 Å². The molecule has 0 saturated carbocycles. The first-order chi connectivity index (χ1) is 8.36. The third kappa shape index (κ3) is 1.75. The van der Waals surface area contributed by atoms with Crippen LogP contribution in [0.5, 0.6) is 0 Å². The molecule has 0 unspecified atom stereocenters. The van der Waals surface area contributed by atoms with E-state index in [1.807, 2.05) is 11.6 Å². The van der Waals surface area contributed by atoms with Crippen LogP contribution in [0.4, 0.5) is 5.82 Å². The normalized spacial score (nSPS) is 19.8. The van der Waals surface area contributed by atoms with Gasteiger partial charge in [-0.05, 0) is 12.8 Å². The SMILES string of the molecule is Cn1cnnc1[C@@H]1CCCN1c1cnccn1. The average Bonchev–Trinajstić information content (AvgIpc) is 2.98. The van der Waals surface area contributed by atoms with Crippen molar-refractivity contribution in [3.05, 3.63) is 30.7 Å². The summed E-state index contributed by atoms with van der Waals surface area (Å²) in [6.45, 7) is 0.996. The Morgan fingerprint density at radius 3 is 3.00 bits per heavy atom. The zero-order valence-corrected chi connectivity index (χ0v) is 9.69. The first kappa shape index (κ1) is 10.2. The number of rotatable bonds is 2. The van der Waals surface area contributed by atoms with Gasteiger partial charge in [-0.15, -0.1) is 10.2 Å². The van der Waals surface area contributed by atoms with Gasteiger partial charge >= 0.3 is 0 Å². The van der Waals surface area contributed by atoms with E-state index >= 15 is 0 Å². The summed E-state index contributed by atoms with van der Waals surface area (Å²) < 4.78 is 1.97. The molecule has 0 bridgehead atoms. The molecule has 1 fully saturated rings. The van der Waals surface area contributed by atoms with E-state index in [1.54, 1.807) is 24.9 Å². The Hall–Kier alpha value is -1.98. The third-order valence-electron chi connectivity index (χ3n) is 3.14. The van der Waals surface area contributed by atoms with Gasteiger partial charge in [-0.3, -0.25) is 4.98 Å². The highest BCUT2D eigenvalue weighted by Gasteiger charge is 2.30. The molecule has 1 aliphatic heterocycles. The molecule has 1 atom stereocenters. The predicted octanol–water partition coefficient (Wildman–Crippen LogP) is 0.947. The Balaban J connectivity index is 1.93. The third-order valence-corrected chi connectivity index (χ3v) is 3.14. The van der Waals surface area contributed by atoms with Crippen LogP contribution >= 0.6 is 0 Å². The van der Waals surface area contributed by atoms with Gasteiger partial charge in [0, 0.05) is 26.0 Å². The topological polar surface area (TPSA) is 59.7 Å². The molecule has 0 radical (unpaired) electrons. The Kier molecular flexibility index (Phi) is 2.47. The van der Waals surface area contributed by atoms with Crippen LogP contribution in [0.15, 0.2) is 24.9 Å². The molecule has 0 spiro atoms. The van der Waals surface area contributed by atoms with Crippen LogP contribution < -0.4 is 4.90 Å². The van der Waals surface area contributed by atoms with Crippen LogP contribution in [-0.2, 0) is 7.05 Å². The minimum absolute atomic E-state index is 0.263. The highest BCUT2D eigenvalue weighted by molar-refractivity contribution is 5.39. The molecule has 2 aromatic heterocycles. The van der Waals surface area contributed by atoms with Gasteiger partial charge in [-0.1, -0.05) is 0 Å². The summed E-state index contributed by atoms with van der Waals surface area (Å²) in [5.74, 6) is 1.91. The molecule has 17 heavy (non-hydrogen) atoms. The van der Waals surface area contributed by atoms with Crippen LogP contribution in [0, 0.1) is 0 Å². The first-order valence-corrected chi connectivity index (χ1v) is 5.73. The predicted molar refractivity (Wildman–Crippen MR) is 62.4 cm³/mol. The molecule has 88 valence electrons. The van der Waals surface area contributed by atoms with Gasteiger partial charge in [0.1, 0.15) is 12.1 Å². The van der Waals surface area contributed by atoms with E-state index in [9.17, 15) is 0 Å². The highest BCUT2D eigenvalue weighted by atomic mass is 15.3. The molecule has 1 saturated heterocycles. The molecule has 3 heterocycles. The molecule has 1 aliphatic rings. The van der Waals surface area contributed by atoms with Crippen LogP contribution in [0.25, 0.3) is 0 Å². The molecule has 6 heteroatoms. The van der Waals surface area contributed by atoms with Crippen molar-refractivity contribution < 1.29 is 0 Å². The fourth-order valence-electron chi connectivity index (χ4n) is 2.34. The Labute approximate surface area is 99.3 Å². The molecule has 3 rings (SSSR count). The van der Waals surface area contributed by atoms with E-state index < -0.39 is 0 Å². The lowest BCUT2D eigenvalue weighted by Gasteiger charge is -2.24. The summed E-state index contributed by atoms with van der Waals surface area (Å²) in [5.41, 5.74) is 0. The molecule has 0 amide bonds. The highest BCUT2D eigenvalue weighted by Crippen LogP contribution is 2.33. The van der Waals surface area contributed by atoms with Gasteiger partial charge in [-0.2, -0.15) is 0 Å². The largest absolute Gasteiger partial charge is 0.345 e. The Morgan fingerprint density at radius 2 is 2.29 bits per heavy atom. The van der Waals surface area contributed by atoms with Crippen LogP contribution in [-0.4, -0.2) is 31.3 Å². The molecule has 0 aromatic carbocycles. The van der Waals surface area contributed by atoms with Crippen molar-refractivity contribution in [1.29, 1.82) is 0 Å². The molecule has 6 nitrogen and oxygen atoms in total. The van der Waals surface area contributed by atoms with Gasteiger partial charge in [0.2, 0.25) is 0 Å². The van der Waals surface area contributed by atoms with Crippen molar-refractivity contribution in [2.75, 3.05) is 11.4 Å². The summed E-state index contributed by atoms with van der Waals surface area (Å²) in [5, 5.41) is 8.14. The van der Waals surface area contributed by atoms with E-state index in [1.165, 1.54) is 0 Å². The van der Waals surface area contributed by atoms with Crippen molar-refractivity contribution in [3.8, 4) is 0 Å². The lowest BCUT2D eigenvalue weighted by atomic mass is 10.2. The van der Waals surface area contributed by atoms with Crippen molar-refractivity contribution in [1.82, 2.24) is 24.7 Å². The van der Waals surface area contributed by atoms with Crippen LogP contribution in [0.1, 0.15) is 24.7 Å². The molecular weight excluding hydrogens is 216 g/mol. The summed E-state index contributed by atoms with van der Waals surface area (Å²) in [7, 11) is 1.97. The number of aromatic nitrogens is 5. The lowest BCUT2D eigenvalue weighted by molar-refractivity contribution is 0.624. The second-order valence-corrected chi connectivity index (χ2v) is 4.22. The fourth-order valence-corrected chi connectivity index (χ4v) is 2.34. The molecular formula is C11H14N6. The van der Waals surface area contributed by atoms with Gasteiger partial charge in [0.25, 0.3) is 0 Å². The van der Waals surface area contributed by atoms with E-state index in [4.69, 9.17) is 0 Å². The zero-order valence-electron chi connectivity index (χ0n) is 9.69. The zero-order chi connectivity index (χ0) is 11.7. The maximum absolute atomic E-state index is 4.36. The van der Waals surface area contributed by atoms with E-state index in [-0.39, 0.29) is 6.04 Å². The molecule has 0 aliphatic carbocycles. The number of anilines is 1. The molecule has 2 aromatic rings. The van der Waals surface area contributed by atoms with E-state index in [2.05, 4.69) is 25.1 Å². The monoisotopic (exact) mass is 230 g/mol. The quantitative estimate of drug-likeness (QED) is 0.768. The van der Waals surface area contributed by atoms with Crippen molar-refractivity contribution in [2.24, 2.45) is 7.05 Å². The standard InChI is InChI=1S/C11H14N6/c1-16-8-14-15-11(16)9-3-2-6-17(9)10-7-12-4-5-13-10/h4-5,7-9H,2-3,6H2,1H3/t9-/m0/s1. The second-order valence-electron chi connectivity index (χ2n) is 4.22. The minimum Gasteiger partial charge on any atom is -0.345 e. The van der Waals surface area contributed by atoms with Gasteiger partial charge in [0.05, 0.1) is 12.2 Å². The smallest absolute Gasteiger partial charge is 0.155 e. The van der Waals surface area contributed by atoms with Crippen molar-refractivity contribution >= 4 is 5.82 Å². The second kappa shape index (κ2) is 4.12. The summed E-state index contributed by atoms with van der Waals surface area (Å²) in [4.78, 5) is 10.7. The summed E-state index contributed by atoms with van der Waals surface area (Å²) >= 11 is 0. The summed E-state index contributed by atoms with van der Waals surface area (Å²) in [6, 6.07) is 0.263. The lowest BCUT2D eigenvalue weighted by Crippen LogP contribution is -2.25. The van der Waals surface area contributed by atoms with Crippen LogP contribution in [0.3, 0.4) is 0 Å². The average molecular weight is 230 g/mol. The van der Waals surface area contributed by atoms with Gasteiger partial charge in [-0.25, -0.2) is 4.98 Å². The number of aryl methyl sites for hydroxylation is 1. The van der Waals surface area contributed by atoms with Gasteiger partial charge in [0.15, 0.2) is 5.82 Å². The number of hydrogen-bond acceptors (Lipinski definition) is 5. The summed E-state index contributed by atoms with van der Waals surface area (Å²) in [6.07, 6.45) is 9.19. The Morgan fingerprint density at radius 1 is 1.35 bits per heavy atom. The minimum atomic E-state index is 0.263. The number of nitrogens with zero attached hydrogens (tertiary/aromatic N) is 6. The Bertz CT molecular complexity index is 494. The maximum atomic E-state index is 4.36.